The van der Waals surface area contributed by atoms with Gasteiger partial charge >= 0.3 is 0 Å². The molecule has 0 unspecified atom stereocenters. The van der Waals surface area contributed by atoms with E-state index < -0.39 is 15.8 Å². The molecule has 0 spiro atoms. The minimum Gasteiger partial charge on any atom is -0.396 e. The Morgan fingerprint density at radius 2 is 1.90 bits per heavy atom. The maximum atomic E-state index is 13.1. The van der Waals surface area contributed by atoms with E-state index >= 15 is 0 Å². The molecule has 0 aromatic heterocycles. The second kappa shape index (κ2) is 5.33. The van der Waals surface area contributed by atoms with Crippen LogP contribution in [0, 0.1) is 11.2 Å². The molecule has 6 heteroatoms. The number of anilines is 1. The van der Waals surface area contributed by atoms with Crippen LogP contribution in [0.3, 0.4) is 0 Å². The molecule has 0 bridgehead atoms. The Labute approximate surface area is 119 Å². The van der Waals surface area contributed by atoms with Crippen molar-refractivity contribution in [3.63, 3.8) is 0 Å². The predicted octanol–water partition coefficient (Wildman–Crippen LogP) is 2.66. The normalized spacial score (nSPS) is 19.9. The van der Waals surface area contributed by atoms with Crippen molar-refractivity contribution in [2.24, 2.45) is 5.41 Å². The van der Waals surface area contributed by atoms with Crippen molar-refractivity contribution in [3.05, 3.63) is 24.0 Å². The molecule has 112 valence electrons. The number of benzene rings is 1. The minimum absolute atomic E-state index is 0.0150. The van der Waals surface area contributed by atoms with Crippen LogP contribution in [0.4, 0.5) is 10.1 Å². The summed E-state index contributed by atoms with van der Waals surface area (Å²) in [5.41, 5.74) is 5.54. The van der Waals surface area contributed by atoms with Crippen LogP contribution < -0.4 is 10.5 Å². The molecule has 0 heterocycles. The Balaban J connectivity index is 2.10. The molecule has 0 aliphatic heterocycles. The molecule has 0 amide bonds. The maximum Gasteiger partial charge on any atom is 0.240 e. The zero-order valence-electron chi connectivity index (χ0n) is 11.8. The van der Waals surface area contributed by atoms with Crippen LogP contribution in [0.25, 0.3) is 0 Å². The van der Waals surface area contributed by atoms with Crippen molar-refractivity contribution in [1.82, 2.24) is 4.72 Å². The van der Waals surface area contributed by atoms with Crippen molar-refractivity contribution in [1.29, 1.82) is 0 Å². The van der Waals surface area contributed by atoms with E-state index in [1.807, 2.05) is 0 Å². The molecule has 1 fully saturated rings. The maximum absolute atomic E-state index is 13.1. The highest BCUT2D eigenvalue weighted by Gasteiger charge is 2.29. The lowest BCUT2D eigenvalue weighted by atomic mass is 9.76. The lowest BCUT2D eigenvalue weighted by molar-refractivity contribution is 0.218. The third-order valence-corrected chi connectivity index (χ3v) is 5.46. The monoisotopic (exact) mass is 300 g/mol. The van der Waals surface area contributed by atoms with Gasteiger partial charge in [-0.25, -0.2) is 17.5 Å². The molecule has 20 heavy (non-hydrogen) atoms. The summed E-state index contributed by atoms with van der Waals surface area (Å²) in [6.07, 6.45) is 3.63. The highest BCUT2D eigenvalue weighted by molar-refractivity contribution is 7.89. The molecule has 3 N–H and O–H groups in total. The molecule has 1 aromatic carbocycles. The number of nitrogens with two attached hydrogens (primary N) is 1. The van der Waals surface area contributed by atoms with Gasteiger partial charge in [0, 0.05) is 6.04 Å². The van der Waals surface area contributed by atoms with Gasteiger partial charge in [-0.3, -0.25) is 0 Å². The number of sulfonamides is 1. The minimum atomic E-state index is -3.63. The van der Waals surface area contributed by atoms with Gasteiger partial charge in [-0.05, 0) is 49.3 Å². The second-order valence-corrected chi connectivity index (χ2v) is 7.96. The van der Waals surface area contributed by atoms with Crippen LogP contribution in [0.15, 0.2) is 23.1 Å². The van der Waals surface area contributed by atoms with Crippen LogP contribution in [0.1, 0.15) is 39.5 Å². The first-order valence-electron chi connectivity index (χ1n) is 6.77. The van der Waals surface area contributed by atoms with Crippen LogP contribution in [-0.4, -0.2) is 14.5 Å². The molecular formula is C14H21FN2O2S. The van der Waals surface area contributed by atoms with Crippen molar-refractivity contribution >= 4 is 15.7 Å². The summed E-state index contributed by atoms with van der Waals surface area (Å²) < 4.78 is 40.3. The number of nitrogens with one attached hydrogen (secondary N) is 1. The Morgan fingerprint density at radius 1 is 1.30 bits per heavy atom. The molecule has 0 radical (unpaired) electrons. The Hall–Kier alpha value is -1.14. The fourth-order valence-electron chi connectivity index (χ4n) is 2.49. The highest BCUT2D eigenvalue weighted by atomic mass is 32.2. The second-order valence-electron chi connectivity index (χ2n) is 6.24. The van der Waals surface area contributed by atoms with Gasteiger partial charge in [0.05, 0.1) is 10.6 Å². The third-order valence-electron chi connectivity index (χ3n) is 3.94. The molecule has 1 aliphatic carbocycles. The SMILES string of the molecule is CC1(C)CCC(NS(=O)(=O)c2ccc(F)c(N)c2)CC1. The average molecular weight is 300 g/mol. The van der Waals surface area contributed by atoms with Gasteiger partial charge in [-0.2, -0.15) is 0 Å². The smallest absolute Gasteiger partial charge is 0.240 e. The highest BCUT2D eigenvalue weighted by Crippen LogP contribution is 2.35. The van der Waals surface area contributed by atoms with E-state index in [2.05, 4.69) is 18.6 Å². The lowest BCUT2D eigenvalue weighted by Crippen LogP contribution is -2.39. The molecule has 1 saturated carbocycles. The summed E-state index contributed by atoms with van der Waals surface area (Å²) in [6.45, 7) is 4.39. The van der Waals surface area contributed by atoms with E-state index in [-0.39, 0.29) is 22.0 Å². The first kappa shape index (κ1) is 15.3. The van der Waals surface area contributed by atoms with E-state index in [4.69, 9.17) is 5.73 Å². The fourth-order valence-corrected chi connectivity index (χ4v) is 3.83. The summed E-state index contributed by atoms with van der Waals surface area (Å²) in [5.74, 6) is -0.608. The van der Waals surface area contributed by atoms with Crippen LogP contribution in [0.2, 0.25) is 0 Å². The topological polar surface area (TPSA) is 72.2 Å². The molecular weight excluding hydrogens is 279 g/mol. The van der Waals surface area contributed by atoms with Crippen LogP contribution >= 0.6 is 0 Å². The molecule has 1 aromatic rings. The molecule has 1 aliphatic rings. The Bertz CT molecular complexity index is 589. The number of hydrogen-bond acceptors (Lipinski definition) is 3. The predicted molar refractivity (Wildman–Crippen MR) is 77.2 cm³/mol. The first-order chi connectivity index (χ1) is 9.20. The van der Waals surface area contributed by atoms with Gasteiger partial charge in [-0.1, -0.05) is 13.8 Å². The summed E-state index contributed by atoms with van der Waals surface area (Å²) >= 11 is 0. The third kappa shape index (κ3) is 3.49. The van der Waals surface area contributed by atoms with Gasteiger partial charge < -0.3 is 5.73 Å². The molecule has 4 nitrogen and oxygen atoms in total. The Kier molecular flexibility index (Phi) is 4.07. The van der Waals surface area contributed by atoms with Gasteiger partial charge in [0.15, 0.2) is 0 Å². The van der Waals surface area contributed by atoms with E-state index in [0.717, 1.165) is 37.8 Å². The Morgan fingerprint density at radius 3 is 2.45 bits per heavy atom. The largest absolute Gasteiger partial charge is 0.396 e. The van der Waals surface area contributed by atoms with Crippen LogP contribution in [0.5, 0.6) is 0 Å². The molecule has 0 saturated heterocycles. The number of nitrogen functional groups attached to an aromatic ring is 1. The zero-order chi connectivity index (χ0) is 15.0. The van der Waals surface area contributed by atoms with Gasteiger partial charge in [-0.15, -0.1) is 0 Å². The molecule has 2 rings (SSSR count). The standard InChI is InChI=1S/C14H21FN2O2S/c1-14(2)7-5-10(6-8-14)17-20(18,19)11-3-4-12(15)13(16)9-11/h3-4,9-10,17H,5-8,16H2,1-2H3. The zero-order valence-corrected chi connectivity index (χ0v) is 12.6. The number of halogens is 1. The summed E-state index contributed by atoms with van der Waals surface area (Å²) in [5, 5.41) is 0. The molecule has 0 atom stereocenters. The summed E-state index contributed by atoms with van der Waals surface area (Å²) in [6, 6.07) is 3.42. The van der Waals surface area contributed by atoms with E-state index in [1.165, 1.54) is 6.07 Å². The number of hydrogen-bond donors (Lipinski definition) is 2. The summed E-state index contributed by atoms with van der Waals surface area (Å²) in [4.78, 5) is 0.0150. The lowest BCUT2D eigenvalue weighted by Gasteiger charge is -2.34. The number of rotatable bonds is 3. The van der Waals surface area contributed by atoms with Gasteiger partial charge in [0.2, 0.25) is 10.0 Å². The van der Waals surface area contributed by atoms with Crippen LogP contribution in [-0.2, 0) is 10.0 Å². The van der Waals surface area contributed by atoms with E-state index in [1.54, 1.807) is 0 Å². The fraction of sp³-hybridized carbons (Fsp3) is 0.571. The van der Waals surface area contributed by atoms with Crippen molar-refractivity contribution in [3.8, 4) is 0 Å². The van der Waals surface area contributed by atoms with Crippen molar-refractivity contribution < 1.29 is 12.8 Å². The quantitative estimate of drug-likeness (QED) is 0.843. The van der Waals surface area contributed by atoms with Gasteiger partial charge in [0.25, 0.3) is 0 Å². The van der Waals surface area contributed by atoms with Crippen molar-refractivity contribution in [2.45, 2.75) is 50.5 Å². The average Bonchev–Trinajstić information content (AvgIpc) is 2.35. The van der Waals surface area contributed by atoms with Crippen molar-refractivity contribution in [2.75, 3.05) is 5.73 Å². The first-order valence-corrected chi connectivity index (χ1v) is 8.25. The van der Waals surface area contributed by atoms with Gasteiger partial charge in [0.1, 0.15) is 5.82 Å². The van der Waals surface area contributed by atoms with E-state index in [9.17, 15) is 12.8 Å². The summed E-state index contributed by atoms with van der Waals surface area (Å²) in [7, 11) is -3.63. The van der Waals surface area contributed by atoms with E-state index in [0.29, 0.717) is 0 Å².